The number of anilines is 1. The molecule has 0 aromatic carbocycles. The summed E-state index contributed by atoms with van der Waals surface area (Å²) in [5.41, 5.74) is 5.84. The standard InChI is InChI=1S/C13H21N3O/c1-2-15-10-5-7-13(17,8-6-10)11-4-3-9-16-12(11)14/h3-4,9-10,15,17H,2,5-8H2,1H3,(H2,14,16). The summed E-state index contributed by atoms with van der Waals surface area (Å²) >= 11 is 0. The highest BCUT2D eigenvalue weighted by atomic mass is 16.3. The van der Waals surface area contributed by atoms with Gasteiger partial charge in [0, 0.05) is 17.8 Å². The van der Waals surface area contributed by atoms with Crippen LogP contribution in [0.5, 0.6) is 0 Å². The fourth-order valence-corrected chi connectivity index (χ4v) is 2.67. The van der Waals surface area contributed by atoms with Gasteiger partial charge in [-0.15, -0.1) is 0 Å². The van der Waals surface area contributed by atoms with E-state index in [1.165, 1.54) is 0 Å². The molecule has 1 aromatic rings. The molecule has 0 unspecified atom stereocenters. The molecule has 94 valence electrons. The number of nitrogen functional groups attached to an aromatic ring is 1. The number of nitrogens with zero attached hydrogens (tertiary/aromatic N) is 1. The Morgan fingerprint density at radius 3 is 2.82 bits per heavy atom. The minimum Gasteiger partial charge on any atom is -0.385 e. The topological polar surface area (TPSA) is 71.2 Å². The van der Waals surface area contributed by atoms with E-state index in [2.05, 4.69) is 17.2 Å². The summed E-state index contributed by atoms with van der Waals surface area (Å²) in [6.07, 6.45) is 5.13. The highest BCUT2D eigenvalue weighted by Crippen LogP contribution is 2.38. The van der Waals surface area contributed by atoms with Gasteiger partial charge in [-0.2, -0.15) is 0 Å². The third-order valence-electron chi connectivity index (χ3n) is 3.65. The van der Waals surface area contributed by atoms with Crippen LogP contribution in [0.1, 0.15) is 38.2 Å². The molecular formula is C13H21N3O. The molecule has 0 bridgehead atoms. The van der Waals surface area contributed by atoms with Crippen LogP contribution in [0.3, 0.4) is 0 Å². The van der Waals surface area contributed by atoms with E-state index >= 15 is 0 Å². The average Bonchev–Trinajstić information content (AvgIpc) is 2.33. The van der Waals surface area contributed by atoms with Crippen molar-refractivity contribution in [2.45, 2.75) is 44.2 Å². The molecule has 0 spiro atoms. The summed E-state index contributed by atoms with van der Waals surface area (Å²) in [5, 5.41) is 14.1. The Morgan fingerprint density at radius 1 is 1.53 bits per heavy atom. The number of hydrogen-bond acceptors (Lipinski definition) is 4. The van der Waals surface area contributed by atoms with Gasteiger partial charge in [0.1, 0.15) is 5.82 Å². The summed E-state index contributed by atoms with van der Waals surface area (Å²) in [4.78, 5) is 4.06. The molecule has 1 fully saturated rings. The molecule has 2 rings (SSSR count). The molecule has 17 heavy (non-hydrogen) atoms. The zero-order valence-electron chi connectivity index (χ0n) is 10.3. The summed E-state index contributed by atoms with van der Waals surface area (Å²) in [6.45, 7) is 3.10. The van der Waals surface area contributed by atoms with E-state index < -0.39 is 5.60 Å². The molecule has 0 aliphatic heterocycles. The van der Waals surface area contributed by atoms with Crippen molar-refractivity contribution in [1.82, 2.24) is 10.3 Å². The minimum atomic E-state index is -0.787. The lowest BCUT2D eigenvalue weighted by atomic mass is 9.78. The molecule has 4 heteroatoms. The van der Waals surface area contributed by atoms with Crippen LogP contribution in [0.4, 0.5) is 5.82 Å². The Kier molecular flexibility index (Phi) is 3.64. The maximum Gasteiger partial charge on any atom is 0.129 e. The molecular weight excluding hydrogens is 214 g/mol. The second kappa shape index (κ2) is 5.02. The second-order valence-electron chi connectivity index (χ2n) is 4.80. The summed E-state index contributed by atoms with van der Waals surface area (Å²) in [6, 6.07) is 4.24. The number of aliphatic hydroxyl groups is 1. The SMILES string of the molecule is CCNC1CCC(O)(c2cccnc2N)CC1. The smallest absolute Gasteiger partial charge is 0.129 e. The second-order valence-corrected chi connectivity index (χ2v) is 4.80. The van der Waals surface area contributed by atoms with Crippen LogP contribution in [-0.4, -0.2) is 22.7 Å². The molecule has 1 aliphatic rings. The fraction of sp³-hybridized carbons (Fsp3) is 0.615. The van der Waals surface area contributed by atoms with E-state index in [1.807, 2.05) is 12.1 Å². The fourth-order valence-electron chi connectivity index (χ4n) is 2.67. The molecule has 0 atom stereocenters. The van der Waals surface area contributed by atoms with Crippen molar-refractivity contribution in [3.63, 3.8) is 0 Å². The van der Waals surface area contributed by atoms with Crippen LogP contribution in [-0.2, 0) is 5.60 Å². The van der Waals surface area contributed by atoms with Gasteiger partial charge >= 0.3 is 0 Å². The third-order valence-corrected chi connectivity index (χ3v) is 3.65. The van der Waals surface area contributed by atoms with Crippen molar-refractivity contribution in [1.29, 1.82) is 0 Å². The maximum absolute atomic E-state index is 10.7. The van der Waals surface area contributed by atoms with Gasteiger partial charge in [0.05, 0.1) is 5.60 Å². The zero-order chi connectivity index (χ0) is 12.3. The van der Waals surface area contributed by atoms with Gasteiger partial charge in [0.25, 0.3) is 0 Å². The van der Waals surface area contributed by atoms with Crippen molar-refractivity contribution in [3.05, 3.63) is 23.9 Å². The third kappa shape index (κ3) is 2.58. The Morgan fingerprint density at radius 2 is 2.24 bits per heavy atom. The van der Waals surface area contributed by atoms with Crippen molar-refractivity contribution in [2.24, 2.45) is 0 Å². The average molecular weight is 235 g/mol. The first kappa shape index (κ1) is 12.3. The van der Waals surface area contributed by atoms with Gasteiger partial charge in [0.15, 0.2) is 0 Å². The quantitative estimate of drug-likeness (QED) is 0.740. The van der Waals surface area contributed by atoms with Crippen LogP contribution < -0.4 is 11.1 Å². The van der Waals surface area contributed by atoms with E-state index in [1.54, 1.807) is 6.20 Å². The zero-order valence-corrected chi connectivity index (χ0v) is 10.3. The lowest BCUT2D eigenvalue weighted by Crippen LogP contribution is -2.40. The van der Waals surface area contributed by atoms with Crippen molar-refractivity contribution in [2.75, 3.05) is 12.3 Å². The van der Waals surface area contributed by atoms with Crippen molar-refractivity contribution >= 4 is 5.82 Å². The lowest BCUT2D eigenvalue weighted by Gasteiger charge is -2.37. The maximum atomic E-state index is 10.7. The first-order valence-electron chi connectivity index (χ1n) is 6.32. The summed E-state index contributed by atoms with van der Waals surface area (Å²) in [5.74, 6) is 0.455. The molecule has 1 aromatic heterocycles. The number of rotatable bonds is 3. The van der Waals surface area contributed by atoms with Gasteiger partial charge in [-0.05, 0) is 38.3 Å². The summed E-state index contributed by atoms with van der Waals surface area (Å²) < 4.78 is 0. The van der Waals surface area contributed by atoms with E-state index in [4.69, 9.17) is 5.73 Å². The van der Waals surface area contributed by atoms with E-state index in [0.717, 1.165) is 37.8 Å². The van der Waals surface area contributed by atoms with Crippen LogP contribution >= 0.6 is 0 Å². The first-order chi connectivity index (χ1) is 8.15. The normalized spacial score (nSPS) is 29.2. The number of nitrogens with one attached hydrogen (secondary N) is 1. The van der Waals surface area contributed by atoms with E-state index in [-0.39, 0.29) is 0 Å². The number of pyridine rings is 1. The highest BCUT2D eigenvalue weighted by molar-refractivity contribution is 5.43. The van der Waals surface area contributed by atoms with Gasteiger partial charge in [-0.25, -0.2) is 4.98 Å². The number of hydrogen-bond donors (Lipinski definition) is 3. The molecule has 4 N–H and O–H groups in total. The largest absolute Gasteiger partial charge is 0.385 e. The lowest BCUT2D eigenvalue weighted by molar-refractivity contribution is -0.00769. The molecule has 4 nitrogen and oxygen atoms in total. The van der Waals surface area contributed by atoms with Gasteiger partial charge in [0.2, 0.25) is 0 Å². The van der Waals surface area contributed by atoms with Gasteiger partial charge < -0.3 is 16.2 Å². The summed E-state index contributed by atoms with van der Waals surface area (Å²) in [7, 11) is 0. The highest BCUT2D eigenvalue weighted by Gasteiger charge is 2.36. The van der Waals surface area contributed by atoms with Crippen molar-refractivity contribution in [3.8, 4) is 0 Å². The predicted molar refractivity (Wildman–Crippen MR) is 68.5 cm³/mol. The molecule has 0 saturated heterocycles. The van der Waals surface area contributed by atoms with Crippen molar-refractivity contribution < 1.29 is 5.11 Å². The predicted octanol–water partition coefficient (Wildman–Crippen LogP) is 1.40. The minimum absolute atomic E-state index is 0.455. The van der Waals surface area contributed by atoms with E-state index in [9.17, 15) is 5.11 Å². The van der Waals surface area contributed by atoms with Crippen LogP contribution in [0.2, 0.25) is 0 Å². The Bertz CT molecular complexity index is 373. The first-order valence-corrected chi connectivity index (χ1v) is 6.32. The Balaban J connectivity index is 2.10. The molecule has 1 saturated carbocycles. The Labute approximate surface area is 102 Å². The van der Waals surface area contributed by atoms with Crippen LogP contribution in [0, 0.1) is 0 Å². The molecule has 0 amide bonds. The Hall–Kier alpha value is -1.13. The van der Waals surface area contributed by atoms with Gasteiger partial charge in [-0.1, -0.05) is 13.0 Å². The van der Waals surface area contributed by atoms with E-state index in [0.29, 0.717) is 11.9 Å². The number of nitrogens with two attached hydrogens (primary N) is 1. The van der Waals surface area contributed by atoms with Gasteiger partial charge in [-0.3, -0.25) is 0 Å². The molecule has 1 heterocycles. The molecule has 0 radical (unpaired) electrons. The number of aromatic nitrogens is 1. The molecule has 1 aliphatic carbocycles. The van der Waals surface area contributed by atoms with Crippen LogP contribution in [0.15, 0.2) is 18.3 Å². The van der Waals surface area contributed by atoms with Crippen LogP contribution in [0.25, 0.3) is 0 Å². The monoisotopic (exact) mass is 235 g/mol.